The van der Waals surface area contributed by atoms with Crippen molar-refractivity contribution < 1.29 is 19.0 Å². The summed E-state index contributed by atoms with van der Waals surface area (Å²) in [5.41, 5.74) is 2.45. The van der Waals surface area contributed by atoms with E-state index in [9.17, 15) is 4.79 Å². The second-order valence-corrected chi connectivity index (χ2v) is 13.9. The second kappa shape index (κ2) is 14.2. The predicted molar refractivity (Wildman–Crippen MR) is 176 cm³/mol. The van der Waals surface area contributed by atoms with Gasteiger partial charge in [-0.3, -0.25) is 19.8 Å². The number of pyridine rings is 2. The first-order valence-corrected chi connectivity index (χ1v) is 17.1. The van der Waals surface area contributed by atoms with E-state index in [0.717, 1.165) is 52.3 Å². The van der Waals surface area contributed by atoms with E-state index in [2.05, 4.69) is 44.6 Å². The number of nitrogens with zero attached hydrogens (tertiary/aromatic N) is 5. The fraction of sp³-hybridized carbons (Fsp3) is 0.500. The third-order valence-electron chi connectivity index (χ3n) is 8.76. The van der Waals surface area contributed by atoms with E-state index >= 15 is 0 Å². The lowest BCUT2D eigenvalue weighted by atomic mass is 9.76. The van der Waals surface area contributed by atoms with Crippen molar-refractivity contribution in [1.82, 2.24) is 25.5 Å². The molecular formula is C32H39N7O4S2. The molecule has 1 amide bonds. The van der Waals surface area contributed by atoms with Gasteiger partial charge in [-0.25, -0.2) is 0 Å². The SMILES string of the molecule is COc1cccnc1CC(=O)Nc1nnc(C2CCCC(C3SC(NC(Cc4ncccc4OC)=C4CO4)=NC(C)C3C)C2)s1. The molecule has 13 heteroatoms. The molecule has 2 fully saturated rings. The molecule has 1 aliphatic carbocycles. The Morgan fingerprint density at radius 2 is 1.71 bits per heavy atom. The highest BCUT2D eigenvalue weighted by molar-refractivity contribution is 8.14. The number of nitrogens with one attached hydrogen (secondary N) is 2. The number of aromatic nitrogens is 4. The summed E-state index contributed by atoms with van der Waals surface area (Å²) in [5, 5.41) is 18.2. The quantitative estimate of drug-likeness (QED) is 0.276. The Morgan fingerprint density at radius 1 is 1.00 bits per heavy atom. The van der Waals surface area contributed by atoms with Crippen LogP contribution in [0.4, 0.5) is 5.13 Å². The highest BCUT2D eigenvalue weighted by Gasteiger charge is 2.39. The minimum atomic E-state index is -0.190. The van der Waals surface area contributed by atoms with Crippen LogP contribution < -0.4 is 20.1 Å². The molecule has 238 valence electrons. The Kier molecular flexibility index (Phi) is 9.84. The minimum absolute atomic E-state index is 0.108. The number of epoxide rings is 1. The molecule has 45 heavy (non-hydrogen) atoms. The van der Waals surface area contributed by atoms with Crippen molar-refractivity contribution in [1.29, 1.82) is 0 Å². The van der Waals surface area contributed by atoms with Gasteiger partial charge in [0.25, 0.3) is 0 Å². The molecule has 5 heterocycles. The second-order valence-electron chi connectivity index (χ2n) is 11.7. The van der Waals surface area contributed by atoms with Crippen LogP contribution in [0.3, 0.4) is 0 Å². The molecule has 3 aromatic rings. The average molecular weight is 650 g/mol. The van der Waals surface area contributed by atoms with Gasteiger partial charge in [0, 0.05) is 30.0 Å². The number of allylic oxidation sites excluding steroid dienone is 1. The van der Waals surface area contributed by atoms with Crippen LogP contribution in [0.25, 0.3) is 0 Å². The molecule has 0 aromatic carbocycles. The molecule has 0 spiro atoms. The number of ether oxygens (including phenoxy) is 3. The number of hydrogen-bond donors (Lipinski definition) is 2. The van der Waals surface area contributed by atoms with Crippen molar-refractivity contribution in [2.24, 2.45) is 16.8 Å². The lowest BCUT2D eigenvalue weighted by Gasteiger charge is -2.40. The van der Waals surface area contributed by atoms with E-state index < -0.39 is 0 Å². The molecule has 6 rings (SSSR count). The summed E-state index contributed by atoms with van der Waals surface area (Å²) >= 11 is 3.33. The van der Waals surface area contributed by atoms with Crippen LogP contribution in [-0.4, -0.2) is 63.4 Å². The Morgan fingerprint density at radius 3 is 2.40 bits per heavy atom. The summed E-state index contributed by atoms with van der Waals surface area (Å²) < 4.78 is 16.5. The van der Waals surface area contributed by atoms with E-state index in [1.165, 1.54) is 17.8 Å². The molecule has 5 atom stereocenters. The molecule has 1 saturated carbocycles. The van der Waals surface area contributed by atoms with Crippen molar-refractivity contribution in [3.8, 4) is 11.5 Å². The molecule has 2 aliphatic heterocycles. The summed E-state index contributed by atoms with van der Waals surface area (Å²) in [5.74, 6) is 3.37. The number of rotatable bonds is 10. The number of amidine groups is 1. The predicted octanol–water partition coefficient (Wildman–Crippen LogP) is 5.37. The maximum atomic E-state index is 12.7. The maximum absolute atomic E-state index is 12.7. The van der Waals surface area contributed by atoms with Gasteiger partial charge in [-0.15, -0.1) is 10.2 Å². The number of aliphatic imine (C=N–C) groups is 1. The molecule has 0 bridgehead atoms. The Bertz CT molecular complexity index is 1570. The molecule has 11 nitrogen and oxygen atoms in total. The zero-order chi connectivity index (χ0) is 31.3. The highest BCUT2D eigenvalue weighted by atomic mass is 32.2. The van der Waals surface area contributed by atoms with Crippen LogP contribution in [0, 0.1) is 11.8 Å². The lowest BCUT2D eigenvalue weighted by Crippen LogP contribution is -2.40. The average Bonchev–Trinajstić information content (AvgIpc) is 3.81. The smallest absolute Gasteiger partial charge is 0.232 e. The van der Waals surface area contributed by atoms with Crippen LogP contribution in [0.1, 0.15) is 61.8 Å². The number of thioether (sulfide) groups is 1. The van der Waals surface area contributed by atoms with E-state index in [4.69, 9.17) is 19.2 Å². The van der Waals surface area contributed by atoms with Gasteiger partial charge in [-0.2, -0.15) is 0 Å². The highest BCUT2D eigenvalue weighted by Crippen LogP contribution is 2.46. The number of carbonyl (C=O) groups is 1. The van der Waals surface area contributed by atoms with Crippen molar-refractivity contribution in [2.75, 3.05) is 26.1 Å². The number of carbonyl (C=O) groups excluding carboxylic acids is 1. The van der Waals surface area contributed by atoms with Crippen LogP contribution in [0.5, 0.6) is 11.5 Å². The van der Waals surface area contributed by atoms with Crippen molar-refractivity contribution in [2.45, 2.75) is 69.6 Å². The monoisotopic (exact) mass is 649 g/mol. The summed E-state index contributed by atoms with van der Waals surface area (Å²) in [6.07, 6.45) is 8.56. The first-order chi connectivity index (χ1) is 21.9. The van der Waals surface area contributed by atoms with Gasteiger partial charge in [-0.05, 0) is 62.3 Å². The molecular weight excluding hydrogens is 611 g/mol. The summed E-state index contributed by atoms with van der Waals surface area (Å²) in [4.78, 5) is 26.6. The number of hydrogen-bond acceptors (Lipinski definition) is 12. The maximum Gasteiger partial charge on any atom is 0.232 e. The van der Waals surface area contributed by atoms with Gasteiger partial charge in [0.15, 0.2) is 10.9 Å². The number of methoxy groups -OCH3 is 2. The lowest BCUT2D eigenvalue weighted by molar-refractivity contribution is -0.115. The Labute approximate surface area is 271 Å². The normalized spacial score (nSPS) is 25.4. The summed E-state index contributed by atoms with van der Waals surface area (Å²) in [6.45, 7) is 5.15. The molecule has 3 aliphatic rings. The van der Waals surface area contributed by atoms with Gasteiger partial charge in [0.2, 0.25) is 11.0 Å². The van der Waals surface area contributed by atoms with Gasteiger partial charge >= 0.3 is 0 Å². The minimum Gasteiger partial charge on any atom is -0.495 e. The zero-order valence-corrected chi connectivity index (χ0v) is 27.6. The first-order valence-electron chi connectivity index (χ1n) is 15.4. The Hall–Kier alpha value is -3.71. The number of anilines is 1. The standard InChI is InChI=1S/C32H39N7O4S2/c1-18-19(2)35-31(36-24(27-17-43-27)15-22-25(41-3)10-6-12-33-22)44-29(18)20-8-5-9-21(14-20)30-38-39-32(45-30)37-28(40)16-23-26(42-4)11-7-13-34-23/h6-7,10-13,18-21,29H,5,8-9,14-17H2,1-4H3,(H,35,36)(H,37,39,40). The molecule has 1 saturated heterocycles. The Balaban J connectivity index is 1.09. The van der Waals surface area contributed by atoms with Crippen molar-refractivity contribution >= 4 is 39.3 Å². The summed E-state index contributed by atoms with van der Waals surface area (Å²) in [7, 11) is 3.24. The van der Waals surface area contributed by atoms with E-state index in [1.807, 2.05) is 23.9 Å². The van der Waals surface area contributed by atoms with Crippen molar-refractivity contribution in [3.05, 3.63) is 64.5 Å². The molecule has 5 unspecified atom stereocenters. The molecule has 0 radical (unpaired) electrons. The molecule has 2 N–H and O–H groups in total. The van der Waals surface area contributed by atoms with Gasteiger partial charge in [0.05, 0.1) is 43.8 Å². The third-order valence-corrected chi connectivity index (χ3v) is 11.3. The fourth-order valence-electron chi connectivity index (χ4n) is 6.15. The summed E-state index contributed by atoms with van der Waals surface area (Å²) in [6, 6.07) is 7.58. The topological polar surface area (TPSA) is 136 Å². The third kappa shape index (κ3) is 7.58. The van der Waals surface area contributed by atoms with Crippen LogP contribution in [-0.2, 0) is 22.4 Å². The largest absolute Gasteiger partial charge is 0.495 e. The van der Waals surface area contributed by atoms with Crippen LogP contribution >= 0.6 is 23.1 Å². The first kappa shape index (κ1) is 31.3. The van der Waals surface area contributed by atoms with E-state index in [-0.39, 0.29) is 18.4 Å². The van der Waals surface area contributed by atoms with E-state index in [1.54, 1.807) is 38.7 Å². The van der Waals surface area contributed by atoms with Crippen LogP contribution in [0.15, 0.2) is 53.1 Å². The number of amides is 1. The van der Waals surface area contributed by atoms with Gasteiger partial charge < -0.3 is 24.8 Å². The zero-order valence-electron chi connectivity index (χ0n) is 26.0. The fourth-order valence-corrected chi connectivity index (χ4v) is 8.61. The van der Waals surface area contributed by atoms with Gasteiger partial charge in [-0.1, -0.05) is 36.4 Å². The van der Waals surface area contributed by atoms with Crippen molar-refractivity contribution in [3.63, 3.8) is 0 Å². The van der Waals surface area contributed by atoms with Crippen LogP contribution in [0.2, 0.25) is 0 Å². The van der Waals surface area contributed by atoms with E-state index in [0.29, 0.717) is 52.6 Å². The molecule has 3 aromatic heterocycles. The van der Waals surface area contributed by atoms with Gasteiger partial charge in [0.1, 0.15) is 23.1 Å².